The van der Waals surface area contributed by atoms with Gasteiger partial charge in [-0.1, -0.05) is 74.5 Å². The number of hydrogen-bond donors (Lipinski definition) is 0. The van der Waals surface area contributed by atoms with E-state index < -0.39 is 6.04 Å². The Hall–Kier alpha value is -2.26. The molecule has 3 heteroatoms. The molecule has 0 aliphatic rings. The van der Waals surface area contributed by atoms with E-state index in [1.807, 2.05) is 62.4 Å². The topological polar surface area (TPSA) is 37.4 Å². The normalized spacial score (nSPS) is 12.1. The molecule has 1 atom stereocenters. The Morgan fingerprint density at radius 1 is 0.826 bits per heavy atom. The van der Waals surface area contributed by atoms with E-state index in [1.165, 1.54) is 0 Å². The Labute approximate surface area is 137 Å². The van der Waals surface area contributed by atoms with Gasteiger partial charge in [0.2, 0.25) is 0 Å². The predicted molar refractivity (Wildman–Crippen MR) is 92.9 cm³/mol. The van der Waals surface area contributed by atoms with Gasteiger partial charge in [-0.25, -0.2) is 0 Å². The molecule has 0 N–H and O–H groups in total. The highest BCUT2D eigenvalue weighted by Crippen LogP contribution is 2.16. The zero-order valence-corrected chi connectivity index (χ0v) is 13.7. The number of hydrogen-bond acceptors (Lipinski definition) is 3. The molecule has 2 aromatic rings. The molecule has 0 radical (unpaired) electrons. The van der Waals surface area contributed by atoms with Crippen molar-refractivity contribution in [1.82, 2.24) is 4.90 Å². The third-order valence-corrected chi connectivity index (χ3v) is 4.09. The van der Waals surface area contributed by atoms with Crippen LogP contribution in [0.4, 0.5) is 0 Å². The summed E-state index contributed by atoms with van der Waals surface area (Å²) in [7, 11) is 0. The van der Waals surface area contributed by atoms with Gasteiger partial charge in [0.05, 0.1) is 6.04 Å². The molecule has 2 rings (SSSR count). The Morgan fingerprint density at radius 3 is 1.78 bits per heavy atom. The minimum atomic E-state index is -0.417. The highest BCUT2D eigenvalue weighted by molar-refractivity contribution is 6.05. The zero-order chi connectivity index (χ0) is 16.7. The average molecular weight is 309 g/mol. The van der Waals surface area contributed by atoms with Gasteiger partial charge in [-0.05, 0) is 13.1 Å². The standard InChI is InChI=1S/C20H23NO2/c1-3-21(4-2)18(20(23)17-13-9-6-10-14-17)15-19(22)16-11-7-5-8-12-16/h5-14,18H,3-4,15H2,1-2H3. The molecule has 0 aromatic heterocycles. The van der Waals surface area contributed by atoms with Crippen LogP contribution in [0.1, 0.15) is 41.0 Å². The second-order valence-corrected chi connectivity index (χ2v) is 5.46. The lowest BCUT2D eigenvalue weighted by Gasteiger charge is -2.28. The van der Waals surface area contributed by atoms with E-state index in [2.05, 4.69) is 4.90 Å². The first-order valence-corrected chi connectivity index (χ1v) is 8.08. The first kappa shape index (κ1) is 17.1. The lowest BCUT2D eigenvalue weighted by atomic mass is 9.95. The summed E-state index contributed by atoms with van der Waals surface area (Å²) in [4.78, 5) is 27.5. The van der Waals surface area contributed by atoms with Gasteiger partial charge in [0.25, 0.3) is 0 Å². The van der Waals surface area contributed by atoms with Gasteiger partial charge in [0.1, 0.15) is 0 Å². The number of carbonyl (C=O) groups excluding carboxylic acids is 2. The Kier molecular flexibility index (Phi) is 6.24. The lowest BCUT2D eigenvalue weighted by molar-refractivity contribution is 0.0763. The van der Waals surface area contributed by atoms with Gasteiger partial charge >= 0.3 is 0 Å². The van der Waals surface area contributed by atoms with E-state index in [9.17, 15) is 9.59 Å². The van der Waals surface area contributed by atoms with E-state index in [0.29, 0.717) is 11.1 Å². The Bertz CT molecular complexity index is 633. The third kappa shape index (κ3) is 4.36. The lowest BCUT2D eigenvalue weighted by Crippen LogP contribution is -2.42. The van der Waals surface area contributed by atoms with Crippen molar-refractivity contribution in [2.24, 2.45) is 0 Å². The number of carbonyl (C=O) groups is 2. The van der Waals surface area contributed by atoms with Crippen molar-refractivity contribution in [3.63, 3.8) is 0 Å². The maximum atomic E-state index is 12.9. The van der Waals surface area contributed by atoms with Crippen LogP contribution in [0.3, 0.4) is 0 Å². The van der Waals surface area contributed by atoms with Crippen molar-refractivity contribution in [1.29, 1.82) is 0 Å². The van der Waals surface area contributed by atoms with E-state index in [1.54, 1.807) is 12.1 Å². The molecule has 0 aliphatic carbocycles. The molecule has 0 spiro atoms. The summed E-state index contributed by atoms with van der Waals surface area (Å²) >= 11 is 0. The minimum Gasteiger partial charge on any atom is -0.294 e. The molecule has 0 saturated carbocycles. The maximum absolute atomic E-state index is 12.9. The molecule has 0 saturated heterocycles. The minimum absolute atomic E-state index is 0.00628. The fourth-order valence-corrected chi connectivity index (χ4v) is 2.76. The van der Waals surface area contributed by atoms with Gasteiger partial charge < -0.3 is 0 Å². The molecule has 3 nitrogen and oxygen atoms in total. The highest BCUT2D eigenvalue weighted by atomic mass is 16.1. The van der Waals surface area contributed by atoms with Crippen LogP contribution in [-0.2, 0) is 0 Å². The summed E-state index contributed by atoms with van der Waals surface area (Å²) in [6.07, 6.45) is 0.208. The summed E-state index contributed by atoms with van der Waals surface area (Å²) < 4.78 is 0. The van der Waals surface area contributed by atoms with Crippen LogP contribution in [0, 0.1) is 0 Å². The number of benzene rings is 2. The predicted octanol–water partition coefficient (Wildman–Crippen LogP) is 3.85. The zero-order valence-electron chi connectivity index (χ0n) is 13.7. The van der Waals surface area contributed by atoms with Crippen molar-refractivity contribution in [3.05, 3.63) is 71.8 Å². The van der Waals surface area contributed by atoms with Gasteiger partial charge in [-0.15, -0.1) is 0 Å². The Morgan fingerprint density at radius 2 is 1.30 bits per heavy atom. The number of Topliss-reactive ketones (excluding diaryl/α,β-unsaturated/α-hetero) is 2. The Balaban J connectivity index is 2.24. The van der Waals surface area contributed by atoms with Crippen molar-refractivity contribution >= 4 is 11.6 Å². The molecule has 0 fully saturated rings. The SMILES string of the molecule is CCN(CC)C(CC(=O)c1ccccc1)C(=O)c1ccccc1. The first-order chi connectivity index (χ1) is 11.2. The quantitative estimate of drug-likeness (QED) is 0.695. The monoisotopic (exact) mass is 309 g/mol. The van der Waals surface area contributed by atoms with Gasteiger partial charge in [-0.3, -0.25) is 14.5 Å². The van der Waals surface area contributed by atoms with Crippen LogP contribution in [-0.4, -0.2) is 35.6 Å². The fraction of sp³-hybridized carbons (Fsp3) is 0.300. The molecule has 0 amide bonds. The third-order valence-electron chi connectivity index (χ3n) is 4.09. The second-order valence-electron chi connectivity index (χ2n) is 5.46. The molecule has 0 heterocycles. The van der Waals surface area contributed by atoms with Crippen LogP contribution in [0.2, 0.25) is 0 Å². The van der Waals surface area contributed by atoms with Crippen molar-refractivity contribution in [3.8, 4) is 0 Å². The summed E-state index contributed by atoms with van der Waals surface area (Å²) in [6.45, 7) is 5.51. The molecule has 120 valence electrons. The number of ketones is 2. The largest absolute Gasteiger partial charge is 0.294 e. The van der Waals surface area contributed by atoms with Gasteiger partial charge in [-0.2, -0.15) is 0 Å². The summed E-state index contributed by atoms with van der Waals surface area (Å²) in [6, 6.07) is 18.0. The van der Waals surface area contributed by atoms with E-state index in [-0.39, 0.29) is 18.0 Å². The summed E-state index contributed by atoms with van der Waals surface area (Å²) in [5.74, 6) is 0.0189. The van der Waals surface area contributed by atoms with Crippen LogP contribution in [0.25, 0.3) is 0 Å². The fourth-order valence-electron chi connectivity index (χ4n) is 2.76. The van der Waals surface area contributed by atoms with Crippen LogP contribution < -0.4 is 0 Å². The second kappa shape index (κ2) is 8.39. The molecular weight excluding hydrogens is 286 g/mol. The summed E-state index contributed by atoms with van der Waals surface area (Å²) in [5, 5.41) is 0. The number of rotatable bonds is 8. The first-order valence-electron chi connectivity index (χ1n) is 8.08. The van der Waals surface area contributed by atoms with Gasteiger partial charge in [0.15, 0.2) is 11.6 Å². The van der Waals surface area contributed by atoms with Crippen molar-refractivity contribution in [2.75, 3.05) is 13.1 Å². The maximum Gasteiger partial charge on any atom is 0.180 e. The summed E-state index contributed by atoms with van der Waals surface area (Å²) in [5.41, 5.74) is 1.32. The van der Waals surface area contributed by atoms with E-state index in [4.69, 9.17) is 0 Å². The van der Waals surface area contributed by atoms with Crippen LogP contribution >= 0.6 is 0 Å². The number of nitrogens with zero attached hydrogens (tertiary/aromatic N) is 1. The molecule has 0 aliphatic heterocycles. The van der Waals surface area contributed by atoms with E-state index >= 15 is 0 Å². The highest BCUT2D eigenvalue weighted by Gasteiger charge is 2.27. The molecule has 1 unspecified atom stereocenters. The van der Waals surface area contributed by atoms with Gasteiger partial charge in [0, 0.05) is 17.5 Å². The van der Waals surface area contributed by atoms with Crippen LogP contribution in [0.5, 0.6) is 0 Å². The van der Waals surface area contributed by atoms with Crippen LogP contribution in [0.15, 0.2) is 60.7 Å². The average Bonchev–Trinajstić information content (AvgIpc) is 2.62. The molecule has 23 heavy (non-hydrogen) atoms. The molecule has 0 bridgehead atoms. The molecule has 2 aromatic carbocycles. The molecular formula is C20H23NO2. The number of likely N-dealkylation sites (N-methyl/N-ethyl adjacent to an activating group) is 1. The van der Waals surface area contributed by atoms with Crippen molar-refractivity contribution in [2.45, 2.75) is 26.3 Å². The van der Waals surface area contributed by atoms with E-state index in [0.717, 1.165) is 13.1 Å². The smallest absolute Gasteiger partial charge is 0.180 e. The van der Waals surface area contributed by atoms with Crippen molar-refractivity contribution < 1.29 is 9.59 Å².